The van der Waals surface area contributed by atoms with E-state index in [0.29, 0.717) is 5.75 Å². The minimum absolute atomic E-state index is 0.268. The molecule has 0 saturated heterocycles. The lowest BCUT2D eigenvalue weighted by Gasteiger charge is -2.25. The van der Waals surface area contributed by atoms with Crippen molar-refractivity contribution >= 4 is 0 Å². The molecule has 0 aromatic heterocycles. The van der Waals surface area contributed by atoms with Crippen LogP contribution >= 0.6 is 0 Å². The molecular weight excluding hydrogens is 247 g/mol. The van der Waals surface area contributed by atoms with Crippen LogP contribution in [-0.4, -0.2) is 31.0 Å². The van der Waals surface area contributed by atoms with Crippen molar-refractivity contribution in [3.63, 3.8) is 0 Å². The standard InChI is InChI=1S/C12H16F3NO2/c1-7-3-4-10(18-2)8(5-7)9(6-16)11(17)12(13,14)15/h3-5,9,11,17H,6,16H2,1-2H3. The highest BCUT2D eigenvalue weighted by Gasteiger charge is 2.44. The van der Waals surface area contributed by atoms with Gasteiger partial charge in [-0.25, -0.2) is 0 Å². The second-order valence-corrected chi connectivity index (χ2v) is 4.07. The van der Waals surface area contributed by atoms with Gasteiger partial charge in [-0.15, -0.1) is 0 Å². The molecule has 102 valence electrons. The highest BCUT2D eigenvalue weighted by Crippen LogP contribution is 2.35. The number of benzene rings is 1. The third kappa shape index (κ3) is 3.14. The molecule has 0 spiro atoms. The molecule has 6 heteroatoms. The lowest BCUT2D eigenvalue weighted by Crippen LogP contribution is -2.38. The number of hydrogen-bond acceptors (Lipinski definition) is 3. The van der Waals surface area contributed by atoms with E-state index >= 15 is 0 Å². The topological polar surface area (TPSA) is 55.5 Å². The second kappa shape index (κ2) is 5.58. The van der Waals surface area contributed by atoms with Gasteiger partial charge in [-0.05, 0) is 13.0 Å². The Bertz CT molecular complexity index is 407. The van der Waals surface area contributed by atoms with Crippen molar-refractivity contribution in [3.8, 4) is 5.75 Å². The van der Waals surface area contributed by atoms with E-state index < -0.39 is 18.2 Å². The molecule has 2 atom stereocenters. The summed E-state index contributed by atoms with van der Waals surface area (Å²) in [5.41, 5.74) is 6.41. The third-order valence-corrected chi connectivity index (χ3v) is 2.76. The number of halogens is 3. The maximum atomic E-state index is 12.6. The number of aryl methyl sites for hydroxylation is 1. The van der Waals surface area contributed by atoms with Crippen LogP contribution in [0.4, 0.5) is 13.2 Å². The van der Waals surface area contributed by atoms with Crippen LogP contribution < -0.4 is 10.5 Å². The Morgan fingerprint density at radius 3 is 2.44 bits per heavy atom. The molecule has 0 amide bonds. The normalized spacial score (nSPS) is 15.3. The summed E-state index contributed by atoms with van der Waals surface area (Å²) in [4.78, 5) is 0. The van der Waals surface area contributed by atoms with Crippen LogP contribution in [0.25, 0.3) is 0 Å². The zero-order valence-electron chi connectivity index (χ0n) is 10.2. The average molecular weight is 263 g/mol. The SMILES string of the molecule is COc1ccc(C)cc1C(CN)C(O)C(F)(F)F. The van der Waals surface area contributed by atoms with E-state index in [-0.39, 0.29) is 12.1 Å². The lowest BCUT2D eigenvalue weighted by atomic mass is 9.91. The average Bonchev–Trinajstić information content (AvgIpc) is 2.29. The van der Waals surface area contributed by atoms with Crippen molar-refractivity contribution < 1.29 is 23.0 Å². The first kappa shape index (κ1) is 14.8. The Morgan fingerprint density at radius 1 is 1.39 bits per heavy atom. The minimum Gasteiger partial charge on any atom is -0.496 e. The largest absolute Gasteiger partial charge is 0.496 e. The summed E-state index contributed by atoms with van der Waals surface area (Å²) in [6, 6.07) is 4.83. The van der Waals surface area contributed by atoms with Gasteiger partial charge in [-0.2, -0.15) is 13.2 Å². The summed E-state index contributed by atoms with van der Waals surface area (Å²) in [6.45, 7) is 1.43. The number of hydrogen-bond donors (Lipinski definition) is 2. The molecule has 0 bridgehead atoms. The molecule has 0 fully saturated rings. The Hall–Kier alpha value is -1.27. The number of ether oxygens (including phenoxy) is 1. The lowest BCUT2D eigenvalue weighted by molar-refractivity contribution is -0.210. The first-order valence-corrected chi connectivity index (χ1v) is 5.40. The first-order chi connectivity index (χ1) is 8.31. The van der Waals surface area contributed by atoms with Crippen LogP contribution in [0.3, 0.4) is 0 Å². The first-order valence-electron chi connectivity index (χ1n) is 5.40. The Morgan fingerprint density at radius 2 is 2.00 bits per heavy atom. The summed E-state index contributed by atoms with van der Waals surface area (Å²) in [5.74, 6) is -0.945. The van der Waals surface area contributed by atoms with Crippen LogP contribution in [0.5, 0.6) is 5.75 Å². The van der Waals surface area contributed by atoms with Gasteiger partial charge in [0.25, 0.3) is 0 Å². The van der Waals surface area contributed by atoms with E-state index in [0.717, 1.165) is 5.56 Å². The maximum absolute atomic E-state index is 12.6. The molecular formula is C12H16F3NO2. The van der Waals surface area contributed by atoms with E-state index in [4.69, 9.17) is 10.5 Å². The molecule has 1 rings (SSSR count). The van der Waals surface area contributed by atoms with Gasteiger partial charge in [0.1, 0.15) is 5.75 Å². The Kier molecular flexibility index (Phi) is 4.59. The summed E-state index contributed by atoms with van der Waals surface area (Å²) in [5, 5.41) is 9.35. The molecule has 0 aliphatic heterocycles. The van der Waals surface area contributed by atoms with Crippen LogP contribution in [0.15, 0.2) is 18.2 Å². The molecule has 3 N–H and O–H groups in total. The third-order valence-electron chi connectivity index (χ3n) is 2.76. The molecule has 18 heavy (non-hydrogen) atoms. The quantitative estimate of drug-likeness (QED) is 0.873. The summed E-state index contributed by atoms with van der Waals surface area (Å²) in [6.07, 6.45) is -7.21. The van der Waals surface area contributed by atoms with Gasteiger partial charge in [-0.3, -0.25) is 0 Å². The molecule has 0 saturated carbocycles. The van der Waals surface area contributed by atoms with Gasteiger partial charge >= 0.3 is 6.18 Å². The van der Waals surface area contributed by atoms with Crippen LogP contribution in [0.1, 0.15) is 17.0 Å². The fourth-order valence-corrected chi connectivity index (χ4v) is 1.80. The van der Waals surface area contributed by atoms with E-state index in [2.05, 4.69) is 0 Å². The van der Waals surface area contributed by atoms with Crippen LogP contribution in [0, 0.1) is 6.92 Å². The van der Waals surface area contributed by atoms with Crippen molar-refractivity contribution in [3.05, 3.63) is 29.3 Å². The van der Waals surface area contributed by atoms with E-state index in [9.17, 15) is 18.3 Å². The summed E-state index contributed by atoms with van der Waals surface area (Å²) >= 11 is 0. The van der Waals surface area contributed by atoms with Gasteiger partial charge in [0.05, 0.1) is 7.11 Å². The molecule has 1 aromatic carbocycles. The Balaban J connectivity index is 3.20. The van der Waals surface area contributed by atoms with Gasteiger partial charge in [0.2, 0.25) is 0 Å². The molecule has 0 heterocycles. The van der Waals surface area contributed by atoms with Gasteiger partial charge in [-0.1, -0.05) is 17.7 Å². The zero-order chi connectivity index (χ0) is 13.9. The van der Waals surface area contributed by atoms with Crippen LogP contribution in [0.2, 0.25) is 0 Å². The van der Waals surface area contributed by atoms with Crippen molar-refractivity contribution in [2.24, 2.45) is 5.73 Å². The van der Waals surface area contributed by atoms with E-state index in [1.54, 1.807) is 25.1 Å². The summed E-state index contributed by atoms with van der Waals surface area (Å²) < 4.78 is 42.7. The van der Waals surface area contributed by atoms with Gasteiger partial charge in [0.15, 0.2) is 6.10 Å². The number of aliphatic hydroxyl groups excluding tert-OH is 1. The van der Waals surface area contributed by atoms with E-state index in [1.165, 1.54) is 7.11 Å². The molecule has 3 nitrogen and oxygen atoms in total. The number of nitrogens with two attached hydrogens (primary N) is 1. The van der Waals surface area contributed by atoms with Crippen molar-refractivity contribution in [1.82, 2.24) is 0 Å². The molecule has 0 radical (unpaired) electrons. The maximum Gasteiger partial charge on any atom is 0.414 e. The second-order valence-electron chi connectivity index (χ2n) is 4.07. The molecule has 0 aliphatic carbocycles. The monoisotopic (exact) mass is 263 g/mol. The van der Waals surface area contributed by atoms with Crippen LogP contribution in [-0.2, 0) is 0 Å². The highest BCUT2D eigenvalue weighted by atomic mass is 19.4. The fraction of sp³-hybridized carbons (Fsp3) is 0.500. The van der Waals surface area contributed by atoms with Gasteiger partial charge < -0.3 is 15.6 Å². The predicted molar refractivity (Wildman–Crippen MR) is 61.6 cm³/mol. The highest BCUT2D eigenvalue weighted by molar-refractivity contribution is 5.40. The van der Waals surface area contributed by atoms with Crippen molar-refractivity contribution in [1.29, 1.82) is 0 Å². The van der Waals surface area contributed by atoms with Crippen molar-refractivity contribution in [2.45, 2.75) is 25.1 Å². The summed E-state index contributed by atoms with van der Waals surface area (Å²) in [7, 11) is 1.36. The Labute approximate surface area is 103 Å². The minimum atomic E-state index is -4.71. The number of methoxy groups -OCH3 is 1. The number of alkyl halides is 3. The number of aliphatic hydroxyl groups is 1. The smallest absolute Gasteiger partial charge is 0.414 e. The van der Waals surface area contributed by atoms with Crippen molar-refractivity contribution in [2.75, 3.05) is 13.7 Å². The zero-order valence-corrected chi connectivity index (χ0v) is 10.2. The predicted octanol–water partition coefficient (Wildman–Crippen LogP) is 1.97. The number of rotatable bonds is 4. The molecule has 1 aromatic rings. The molecule has 0 aliphatic rings. The molecule has 2 unspecified atom stereocenters. The van der Waals surface area contributed by atoms with E-state index in [1.807, 2.05) is 0 Å². The van der Waals surface area contributed by atoms with Gasteiger partial charge in [0, 0.05) is 18.0 Å². The fourth-order valence-electron chi connectivity index (χ4n) is 1.80.